The van der Waals surface area contributed by atoms with Gasteiger partial charge in [-0.05, 0) is 20.2 Å². The summed E-state index contributed by atoms with van der Waals surface area (Å²) < 4.78 is 26.7. The molecule has 1 saturated heterocycles. The summed E-state index contributed by atoms with van der Waals surface area (Å²) in [5.74, 6) is 0.360. The first-order valence-corrected chi connectivity index (χ1v) is 9.79. The van der Waals surface area contributed by atoms with Crippen molar-refractivity contribution in [1.82, 2.24) is 14.1 Å². The number of alkyl halides is 1. The topological polar surface area (TPSA) is 43.9 Å². The van der Waals surface area contributed by atoms with Crippen molar-refractivity contribution >= 4 is 33.0 Å². The molecule has 0 atom stereocenters. The summed E-state index contributed by atoms with van der Waals surface area (Å²) >= 11 is 7.15. The van der Waals surface area contributed by atoms with E-state index >= 15 is 0 Å². The van der Waals surface area contributed by atoms with Gasteiger partial charge in [0.2, 0.25) is 10.0 Å². The molecule has 0 bridgehead atoms. The Kier molecular flexibility index (Phi) is 6.05. The molecule has 0 N–H and O–H groups in total. The number of sulfonamides is 1. The fourth-order valence-electron chi connectivity index (χ4n) is 2.25. The maximum Gasteiger partial charge on any atom is 0.243 e. The predicted octanol–water partition coefficient (Wildman–Crippen LogP) is 1.35. The molecule has 2 heterocycles. The Bertz CT molecular complexity index is 552. The highest BCUT2D eigenvalue weighted by molar-refractivity contribution is 7.89. The van der Waals surface area contributed by atoms with E-state index in [1.165, 1.54) is 11.3 Å². The first-order chi connectivity index (χ1) is 9.93. The molecule has 1 fully saturated rings. The van der Waals surface area contributed by atoms with Gasteiger partial charge in [-0.1, -0.05) is 0 Å². The van der Waals surface area contributed by atoms with Crippen molar-refractivity contribution in [2.45, 2.75) is 10.8 Å². The Morgan fingerprint density at radius 3 is 2.48 bits per heavy atom. The van der Waals surface area contributed by atoms with Gasteiger partial charge in [-0.2, -0.15) is 4.31 Å². The van der Waals surface area contributed by atoms with Crippen LogP contribution in [-0.4, -0.2) is 75.9 Å². The summed E-state index contributed by atoms with van der Waals surface area (Å²) in [4.78, 5) is 5.72. The molecule has 0 radical (unpaired) electrons. The van der Waals surface area contributed by atoms with Crippen molar-refractivity contribution in [1.29, 1.82) is 0 Å². The molecule has 1 aliphatic rings. The van der Waals surface area contributed by atoms with Crippen LogP contribution in [0.1, 0.15) is 4.88 Å². The quantitative estimate of drug-likeness (QED) is 0.726. The minimum Gasteiger partial charge on any atom is -0.308 e. The summed E-state index contributed by atoms with van der Waals surface area (Å²) in [6, 6.07) is 1.69. The largest absolute Gasteiger partial charge is 0.308 e. The number of piperazine rings is 1. The Hall–Kier alpha value is -0.180. The molecule has 1 aliphatic heterocycles. The zero-order valence-electron chi connectivity index (χ0n) is 12.5. The minimum absolute atomic E-state index is 0.360. The molecular weight excluding hydrogens is 330 g/mol. The molecule has 0 aromatic carbocycles. The normalized spacial score (nSPS) is 18.5. The molecule has 2 rings (SSSR count). The number of halogens is 1. The lowest BCUT2D eigenvalue weighted by Crippen LogP contribution is -2.49. The van der Waals surface area contributed by atoms with Gasteiger partial charge in [0.1, 0.15) is 0 Å². The second-order valence-electron chi connectivity index (χ2n) is 5.43. The second kappa shape index (κ2) is 7.39. The molecule has 21 heavy (non-hydrogen) atoms. The van der Waals surface area contributed by atoms with Crippen LogP contribution in [0.15, 0.2) is 16.3 Å². The van der Waals surface area contributed by atoms with Gasteiger partial charge in [-0.3, -0.25) is 4.90 Å². The Balaban J connectivity index is 1.94. The standard InChI is InChI=1S/C13H22ClN3O2S2/c1-15(2)3-4-16-5-7-17(8-6-16)21(18,19)13-9-12(10-14)20-11-13/h9,11H,3-8,10H2,1-2H3. The number of likely N-dealkylation sites (N-methyl/N-ethyl adjacent to an activating group) is 1. The van der Waals surface area contributed by atoms with Crippen LogP contribution in [-0.2, 0) is 15.9 Å². The lowest BCUT2D eigenvalue weighted by molar-refractivity contribution is 0.174. The van der Waals surface area contributed by atoms with Crippen LogP contribution in [0.2, 0.25) is 0 Å². The highest BCUT2D eigenvalue weighted by Gasteiger charge is 2.29. The zero-order valence-corrected chi connectivity index (χ0v) is 14.8. The van der Waals surface area contributed by atoms with Crippen LogP contribution in [0.3, 0.4) is 0 Å². The van der Waals surface area contributed by atoms with Gasteiger partial charge in [-0.25, -0.2) is 8.42 Å². The molecule has 0 saturated carbocycles. The van der Waals surface area contributed by atoms with E-state index in [1.54, 1.807) is 15.8 Å². The number of thiophene rings is 1. The van der Waals surface area contributed by atoms with Gasteiger partial charge in [0, 0.05) is 49.5 Å². The second-order valence-corrected chi connectivity index (χ2v) is 8.63. The summed E-state index contributed by atoms with van der Waals surface area (Å²) in [5.41, 5.74) is 0. The molecule has 1 aromatic rings. The predicted molar refractivity (Wildman–Crippen MR) is 87.6 cm³/mol. The first-order valence-electron chi connectivity index (χ1n) is 6.94. The van der Waals surface area contributed by atoms with Gasteiger partial charge in [-0.15, -0.1) is 22.9 Å². The molecule has 0 unspecified atom stereocenters. The van der Waals surface area contributed by atoms with Crippen molar-refractivity contribution < 1.29 is 8.42 Å². The number of hydrogen-bond donors (Lipinski definition) is 0. The highest BCUT2D eigenvalue weighted by Crippen LogP contribution is 2.24. The SMILES string of the molecule is CN(C)CCN1CCN(S(=O)(=O)c2csc(CCl)c2)CC1. The average Bonchev–Trinajstić information content (AvgIpc) is 2.95. The molecule has 8 heteroatoms. The van der Waals surface area contributed by atoms with Crippen molar-refractivity contribution in [2.75, 3.05) is 53.4 Å². The minimum atomic E-state index is -3.36. The molecular formula is C13H22ClN3O2S2. The zero-order chi connectivity index (χ0) is 15.5. The van der Waals surface area contributed by atoms with E-state index in [4.69, 9.17) is 11.6 Å². The number of nitrogens with zero attached hydrogens (tertiary/aromatic N) is 3. The van der Waals surface area contributed by atoms with Crippen LogP contribution >= 0.6 is 22.9 Å². The Morgan fingerprint density at radius 1 is 1.29 bits per heavy atom. The molecule has 1 aromatic heterocycles. The first kappa shape index (κ1) is 17.2. The number of rotatable bonds is 6. The van der Waals surface area contributed by atoms with Crippen LogP contribution in [0.5, 0.6) is 0 Å². The maximum atomic E-state index is 12.6. The van der Waals surface area contributed by atoms with Crippen molar-refractivity contribution in [2.24, 2.45) is 0 Å². The Morgan fingerprint density at radius 2 is 1.95 bits per heavy atom. The average molecular weight is 352 g/mol. The maximum absolute atomic E-state index is 12.6. The lowest BCUT2D eigenvalue weighted by atomic mass is 10.3. The molecule has 5 nitrogen and oxygen atoms in total. The summed E-state index contributed by atoms with van der Waals surface area (Å²) in [6.07, 6.45) is 0. The molecule has 120 valence electrons. The van der Waals surface area contributed by atoms with Crippen molar-refractivity contribution in [3.63, 3.8) is 0 Å². The van der Waals surface area contributed by atoms with Gasteiger partial charge in [0.05, 0.1) is 10.8 Å². The van der Waals surface area contributed by atoms with E-state index in [1.807, 2.05) is 14.1 Å². The van der Waals surface area contributed by atoms with Crippen LogP contribution < -0.4 is 0 Å². The van der Waals surface area contributed by atoms with Crippen LogP contribution in [0.4, 0.5) is 0 Å². The van der Waals surface area contributed by atoms with E-state index in [2.05, 4.69) is 9.80 Å². The smallest absolute Gasteiger partial charge is 0.243 e. The fraction of sp³-hybridized carbons (Fsp3) is 0.692. The van der Waals surface area contributed by atoms with Crippen LogP contribution in [0.25, 0.3) is 0 Å². The van der Waals surface area contributed by atoms with Gasteiger partial charge in [0.25, 0.3) is 0 Å². The van der Waals surface area contributed by atoms with Gasteiger partial charge >= 0.3 is 0 Å². The lowest BCUT2D eigenvalue weighted by Gasteiger charge is -2.34. The number of hydrogen-bond acceptors (Lipinski definition) is 5. The molecule has 0 spiro atoms. The van der Waals surface area contributed by atoms with E-state index in [-0.39, 0.29) is 0 Å². The van der Waals surface area contributed by atoms with Crippen LogP contribution in [0, 0.1) is 0 Å². The van der Waals surface area contributed by atoms with Gasteiger partial charge in [0.15, 0.2) is 0 Å². The molecule has 0 aliphatic carbocycles. The fourth-order valence-corrected chi connectivity index (χ4v) is 5.05. The van der Waals surface area contributed by atoms with E-state index in [9.17, 15) is 8.42 Å². The van der Waals surface area contributed by atoms with E-state index < -0.39 is 10.0 Å². The molecule has 0 amide bonds. The third kappa shape index (κ3) is 4.40. The van der Waals surface area contributed by atoms with Gasteiger partial charge < -0.3 is 4.90 Å². The summed E-state index contributed by atoms with van der Waals surface area (Å²) in [7, 11) is 0.737. The monoisotopic (exact) mass is 351 g/mol. The van der Waals surface area contributed by atoms with E-state index in [0.29, 0.717) is 23.9 Å². The third-order valence-corrected chi connectivity index (χ3v) is 7.00. The summed E-state index contributed by atoms with van der Waals surface area (Å²) in [6.45, 7) is 4.68. The summed E-state index contributed by atoms with van der Waals surface area (Å²) in [5, 5.41) is 1.69. The highest BCUT2D eigenvalue weighted by atomic mass is 35.5. The van der Waals surface area contributed by atoms with Crippen molar-refractivity contribution in [3.05, 3.63) is 16.3 Å². The third-order valence-electron chi connectivity index (χ3n) is 3.59. The van der Waals surface area contributed by atoms with Crippen molar-refractivity contribution in [3.8, 4) is 0 Å². The Labute approximate surface area is 136 Å². The van der Waals surface area contributed by atoms with E-state index in [0.717, 1.165) is 31.1 Å².